The lowest BCUT2D eigenvalue weighted by atomic mass is 10.0. The highest BCUT2D eigenvalue weighted by Crippen LogP contribution is 2.16. The molecule has 452 valence electrons. The van der Waals surface area contributed by atoms with Gasteiger partial charge in [-0.1, -0.05) is 295 Å². The first-order valence-corrected chi connectivity index (χ1v) is 32.8. The fraction of sp³-hybridized carbons (Fsp3) is 0.635. The van der Waals surface area contributed by atoms with Gasteiger partial charge in [0.1, 0.15) is 13.2 Å². The van der Waals surface area contributed by atoms with Crippen molar-refractivity contribution in [3.8, 4) is 0 Å². The molecule has 0 radical (unpaired) electrons. The minimum Gasteiger partial charge on any atom is -0.462 e. The fourth-order valence-corrected chi connectivity index (χ4v) is 8.75. The molecule has 0 aromatic carbocycles. The summed E-state index contributed by atoms with van der Waals surface area (Å²) < 4.78 is 16.8. The third-order valence-corrected chi connectivity index (χ3v) is 13.6. The highest BCUT2D eigenvalue weighted by atomic mass is 16.6. The van der Waals surface area contributed by atoms with Crippen LogP contribution >= 0.6 is 0 Å². The van der Waals surface area contributed by atoms with Gasteiger partial charge in [0.25, 0.3) is 0 Å². The van der Waals surface area contributed by atoms with Crippen LogP contribution < -0.4 is 0 Å². The maximum absolute atomic E-state index is 12.8. The van der Waals surface area contributed by atoms with Crippen molar-refractivity contribution in [2.24, 2.45) is 0 Å². The Morgan fingerprint density at radius 3 is 0.800 bits per heavy atom. The van der Waals surface area contributed by atoms with Crippen molar-refractivity contribution in [2.75, 3.05) is 13.2 Å². The monoisotopic (exact) mass is 1100 g/mol. The van der Waals surface area contributed by atoms with E-state index in [9.17, 15) is 14.4 Å². The maximum atomic E-state index is 12.8. The maximum Gasteiger partial charge on any atom is 0.306 e. The average Bonchev–Trinajstić information content (AvgIpc) is 3.46. The number of carbonyl (C=O) groups excluding carboxylic acids is 3. The normalized spacial score (nSPS) is 13.1. The molecule has 0 saturated carbocycles. The third-order valence-electron chi connectivity index (χ3n) is 13.6. The van der Waals surface area contributed by atoms with Crippen LogP contribution in [0.15, 0.2) is 146 Å². The first-order valence-electron chi connectivity index (χ1n) is 32.8. The van der Waals surface area contributed by atoms with Crippen molar-refractivity contribution in [2.45, 2.75) is 290 Å². The molecule has 0 spiro atoms. The van der Waals surface area contributed by atoms with E-state index in [1.807, 2.05) is 0 Å². The molecule has 0 heterocycles. The number of hydrogen-bond donors (Lipinski definition) is 0. The van der Waals surface area contributed by atoms with Gasteiger partial charge < -0.3 is 14.2 Å². The SMILES string of the molecule is CC/C=C\C/C=C\C/C=C\C/C=C\C/C=C\C/C=C\C/C=C\CCCCCCCCCCCCCCCC(=O)OCC(COC(=O)CCCCCCCCCCCC)OC(=O)CCC/C=C\C/C=C\C/C=C\C/C=C\C/C=C\CC. The number of esters is 3. The summed E-state index contributed by atoms with van der Waals surface area (Å²) in [7, 11) is 0. The van der Waals surface area contributed by atoms with Crippen LogP contribution in [0.5, 0.6) is 0 Å². The summed E-state index contributed by atoms with van der Waals surface area (Å²) in [6.45, 7) is 6.35. The van der Waals surface area contributed by atoms with Gasteiger partial charge in [0.15, 0.2) is 6.10 Å². The fourth-order valence-electron chi connectivity index (χ4n) is 8.75. The molecular weight excluding hydrogens is 985 g/mol. The first-order chi connectivity index (χ1) is 39.5. The molecule has 0 saturated heterocycles. The molecule has 6 nitrogen and oxygen atoms in total. The average molecular weight is 1110 g/mol. The van der Waals surface area contributed by atoms with Crippen LogP contribution in [0.2, 0.25) is 0 Å². The van der Waals surface area contributed by atoms with Crippen LogP contribution in [0.4, 0.5) is 0 Å². The van der Waals surface area contributed by atoms with Gasteiger partial charge in [0.2, 0.25) is 0 Å². The number of hydrogen-bond acceptors (Lipinski definition) is 6. The van der Waals surface area contributed by atoms with Gasteiger partial charge in [0, 0.05) is 19.3 Å². The molecule has 0 aliphatic heterocycles. The zero-order chi connectivity index (χ0) is 57.8. The van der Waals surface area contributed by atoms with Crippen molar-refractivity contribution < 1.29 is 28.6 Å². The Balaban J connectivity index is 4.20. The van der Waals surface area contributed by atoms with Crippen LogP contribution in [0.25, 0.3) is 0 Å². The van der Waals surface area contributed by atoms with Crippen molar-refractivity contribution in [3.05, 3.63) is 146 Å². The Kier molecular flexibility index (Phi) is 62.9. The van der Waals surface area contributed by atoms with Gasteiger partial charge >= 0.3 is 17.9 Å². The standard InChI is InChI=1S/C74H120O6/c1-4-7-10-13-16-19-22-24-26-28-29-30-31-32-33-34-35-36-37-38-39-40-41-42-43-44-45-47-48-50-52-55-58-61-64-67-73(76)79-70-71(69-78-72(75)66-63-60-57-54-21-18-15-12-9-6-3)80-74(77)68-65-62-59-56-53-51-49-46-27-25-23-20-17-14-11-8-5-2/h7-8,10-11,16-17,19-20,24-27,29-30,32-33,35-36,38-39,49,51,56,59,71H,4-6,9,12-15,18,21-23,28,31,34,37,40-48,50,52-55,57-58,60-70H2,1-3H3/b10-7-,11-8-,19-16-,20-17-,26-24-,27-25-,30-29-,33-32-,36-35-,39-38-,51-49-,59-56-. The summed E-state index contributed by atoms with van der Waals surface area (Å²) in [6, 6.07) is 0. The van der Waals surface area contributed by atoms with Crippen LogP contribution in [-0.2, 0) is 28.6 Å². The van der Waals surface area contributed by atoms with E-state index < -0.39 is 6.10 Å². The van der Waals surface area contributed by atoms with E-state index in [2.05, 4.69) is 167 Å². The Bertz CT molecular complexity index is 1750. The lowest BCUT2D eigenvalue weighted by Crippen LogP contribution is -2.30. The minimum absolute atomic E-state index is 0.102. The van der Waals surface area contributed by atoms with Gasteiger partial charge in [-0.15, -0.1) is 0 Å². The summed E-state index contributed by atoms with van der Waals surface area (Å²) >= 11 is 0. The van der Waals surface area contributed by atoms with Gasteiger partial charge in [0.05, 0.1) is 0 Å². The molecule has 0 aromatic rings. The van der Waals surface area contributed by atoms with E-state index >= 15 is 0 Å². The summed E-state index contributed by atoms with van der Waals surface area (Å²) in [4.78, 5) is 38.2. The van der Waals surface area contributed by atoms with Crippen molar-refractivity contribution in [3.63, 3.8) is 0 Å². The lowest BCUT2D eigenvalue weighted by molar-refractivity contribution is -0.167. The lowest BCUT2D eigenvalue weighted by Gasteiger charge is -2.18. The second-order valence-corrected chi connectivity index (χ2v) is 21.3. The van der Waals surface area contributed by atoms with Gasteiger partial charge in [-0.3, -0.25) is 14.4 Å². The third kappa shape index (κ3) is 64.1. The molecule has 0 amide bonds. The summed E-state index contributed by atoms with van der Waals surface area (Å²) in [5, 5.41) is 0. The Labute approximate surface area is 493 Å². The number of carbonyl (C=O) groups is 3. The molecule has 0 fully saturated rings. The topological polar surface area (TPSA) is 78.9 Å². The summed E-state index contributed by atoms with van der Waals surface area (Å²) in [6.07, 6.45) is 95.9. The number of allylic oxidation sites excluding steroid dienone is 24. The van der Waals surface area contributed by atoms with E-state index in [0.717, 1.165) is 122 Å². The molecule has 80 heavy (non-hydrogen) atoms. The molecule has 0 rings (SSSR count). The predicted molar refractivity (Wildman–Crippen MR) is 348 cm³/mol. The molecule has 0 aliphatic carbocycles. The molecule has 1 atom stereocenters. The smallest absolute Gasteiger partial charge is 0.306 e. The quantitative estimate of drug-likeness (QED) is 0.0261. The van der Waals surface area contributed by atoms with E-state index in [-0.39, 0.29) is 37.5 Å². The Morgan fingerprint density at radius 2 is 0.500 bits per heavy atom. The first kappa shape index (κ1) is 75.3. The van der Waals surface area contributed by atoms with Crippen molar-refractivity contribution in [1.82, 2.24) is 0 Å². The van der Waals surface area contributed by atoms with E-state index in [0.29, 0.717) is 19.3 Å². The van der Waals surface area contributed by atoms with E-state index in [4.69, 9.17) is 14.2 Å². The van der Waals surface area contributed by atoms with Gasteiger partial charge in [-0.2, -0.15) is 0 Å². The second kappa shape index (κ2) is 66.8. The van der Waals surface area contributed by atoms with Crippen LogP contribution in [-0.4, -0.2) is 37.2 Å². The zero-order valence-electron chi connectivity index (χ0n) is 51.8. The largest absolute Gasteiger partial charge is 0.462 e. The van der Waals surface area contributed by atoms with Crippen molar-refractivity contribution >= 4 is 17.9 Å². The molecule has 0 bridgehead atoms. The summed E-state index contributed by atoms with van der Waals surface area (Å²) in [5.74, 6) is -0.962. The zero-order valence-corrected chi connectivity index (χ0v) is 51.8. The highest BCUT2D eigenvalue weighted by Gasteiger charge is 2.19. The molecule has 1 unspecified atom stereocenters. The minimum atomic E-state index is -0.810. The molecule has 0 N–H and O–H groups in total. The second-order valence-electron chi connectivity index (χ2n) is 21.3. The number of ether oxygens (including phenoxy) is 3. The van der Waals surface area contributed by atoms with Crippen LogP contribution in [0.1, 0.15) is 284 Å². The number of unbranched alkanes of at least 4 members (excludes halogenated alkanes) is 23. The van der Waals surface area contributed by atoms with Crippen LogP contribution in [0, 0.1) is 0 Å². The Morgan fingerprint density at radius 1 is 0.263 bits per heavy atom. The predicted octanol–water partition coefficient (Wildman–Crippen LogP) is 22.7. The summed E-state index contributed by atoms with van der Waals surface area (Å²) in [5.41, 5.74) is 0. The Hall–Kier alpha value is -4.71. The van der Waals surface area contributed by atoms with Gasteiger partial charge in [-0.25, -0.2) is 0 Å². The molecular formula is C74H120O6. The van der Waals surface area contributed by atoms with Crippen LogP contribution in [0.3, 0.4) is 0 Å². The van der Waals surface area contributed by atoms with E-state index in [1.165, 1.54) is 116 Å². The molecule has 0 aromatic heterocycles. The van der Waals surface area contributed by atoms with E-state index in [1.54, 1.807) is 0 Å². The highest BCUT2D eigenvalue weighted by molar-refractivity contribution is 5.71. The van der Waals surface area contributed by atoms with Crippen molar-refractivity contribution in [1.29, 1.82) is 0 Å². The number of rotatable bonds is 58. The molecule has 0 aliphatic rings. The molecule has 6 heteroatoms. The van der Waals surface area contributed by atoms with Gasteiger partial charge in [-0.05, 0) is 116 Å².